The van der Waals surface area contributed by atoms with Crippen LogP contribution in [0.25, 0.3) is 6.08 Å². The third-order valence-corrected chi connectivity index (χ3v) is 2.55. The molecule has 0 fully saturated rings. The van der Waals surface area contributed by atoms with Crippen molar-refractivity contribution in [3.63, 3.8) is 0 Å². The maximum absolute atomic E-state index is 13.4. The molecule has 0 spiro atoms. The zero-order chi connectivity index (χ0) is 11.3. The van der Waals surface area contributed by atoms with Gasteiger partial charge in [0.25, 0.3) is 0 Å². The van der Waals surface area contributed by atoms with Crippen LogP contribution in [0.4, 0.5) is 4.39 Å². The summed E-state index contributed by atoms with van der Waals surface area (Å²) in [5, 5.41) is 3.23. The molecule has 1 rings (SSSR count). The van der Waals surface area contributed by atoms with Crippen LogP contribution in [0.15, 0.2) is 28.7 Å². The first kappa shape index (κ1) is 12.4. The van der Waals surface area contributed by atoms with Crippen molar-refractivity contribution in [1.82, 2.24) is 5.32 Å². The van der Waals surface area contributed by atoms with E-state index >= 15 is 0 Å². The first-order chi connectivity index (χ1) is 7.13. The van der Waals surface area contributed by atoms with Crippen LogP contribution in [0.3, 0.4) is 0 Å². The van der Waals surface area contributed by atoms with Crippen LogP contribution in [0.2, 0.25) is 0 Å². The van der Waals surface area contributed by atoms with E-state index in [9.17, 15) is 4.39 Å². The van der Waals surface area contributed by atoms with Gasteiger partial charge in [0.05, 0.1) is 0 Å². The highest BCUT2D eigenvalue weighted by Crippen LogP contribution is 2.16. The fourth-order valence-electron chi connectivity index (χ4n) is 1.27. The molecule has 1 atom stereocenters. The van der Waals surface area contributed by atoms with Crippen molar-refractivity contribution in [2.24, 2.45) is 0 Å². The molecule has 82 valence electrons. The molecule has 0 aromatic heterocycles. The molecule has 0 aliphatic rings. The van der Waals surface area contributed by atoms with Crippen molar-refractivity contribution in [3.05, 3.63) is 40.1 Å². The highest BCUT2D eigenvalue weighted by Gasteiger charge is 1.99. The molecule has 15 heavy (non-hydrogen) atoms. The second-order valence-electron chi connectivity index (χ2n) is 3.37. The van der Waals surface area contributed by atoms with E-state index in [-0.39, 0.29) is 11.9 Å². The Morgan fingerprint density at radius 1 is 1.53 bits per heavy atom. The Morgan fingerprint density at radius 3 is 2.87 bits per heavy atom. The summed E-state index contributed by atoms with van der Waals surface area (Å²) in [6.07, 6.45) is 3.75. The molecule has 1 unspecified atom stereocenters. The number of nitrogens with one attached hydrogen (secondary N) is 1. The van der Waals surface area contributed by atoms with Crippen molar-refractivity contribution in [2.45, 2.75) is 19.9 Å². The predicted molar refractivity (Wildman–Crippen MR) is 66.3 cm³/mol. The van der Waals surface area contributed by atoms with Gasteiger partial charge in [-0.05, 0) is 25.6 Å². The lowest BCUT2D eigenvalue weighted by atomic mass is 10.1. The molecular weight excluding hydrogens is 257 g/mol. The van der Waals surface area contributed by atoms with Gasteiger partial charge in [0.15, 0.2) is 0 Å². The van der Waals surface area contributed by atoms with E-state index in [4.69, 9.17) is 0 Å². The maximum Gasteiger partial charge on any atom is 0.131 e. The van der Waals surface area contributed by atoms with E-state index in [1.807, 2.05) is 26.0 Å². The van der Waals surface area contributed by atoms with Crippen molar-refractivity contribution in [3.8, 4) is 0 Å². The Hall–Kier alpha value is -0.670. The molecule has 0 aliphatic carbocycles. The minimum atomic E-state index is -0.204. The third-order valence-electron chi connectivity index (χ3n) is 2.05. The summed E-state index contributed by atoms with van der Waals surface area (Å²) in [6, 6.07) is 5.32. The summed E-state index contributed by atoms with van der Waals surface area (Å²) in [4.78, 5) is 0. The summed E-state index contributed by atoms with van der Waals surface area (Å²) in [5.74, 6) is -0.204. The fraction of sp³-hybridized carbons (Fsp3) is 0.333. The molecule has 0 saturated carbocycles. The molecule has 0 amide bonds. The number of hydrogen-bond donors (Lipinski definition) is 1. The Bertz CT molecular complexity index is 349. The number of halogens is 2. The zero-order valence-electron chi connectivity index (χ0n) is 8.93. The van der Waals surface area contributed by atoms with E-state index < -0.39 is 0 Å². The number of hydrogen-bond acceptors (Lipinski definition) is 1. The molecule has 0 aliphatic heterocycles. The molecule has 1 aromatic rings. The van der Waals surface area contributed by atoms with Gasteiger partial charge >= 0.3 is 0 Å². The van der Waals surface area contributed by atoms with E-state index in [1.54, 1.807) is 12.1 Å². The monoisotopic (exact) mass is 271 g/mol. The van der Waals surface area contributed by atoms with Crippen LogP contribution in [0, 0.1) is 5.82 Å². The summed E-state index contributed by atoms with van der Waals surface area (Å²) in [7, 11) is 0. The molecule has 1 aromatic carbocycles. The quantitative estimate of drug-likeness (QED) is 0.883. The van der Waals surface area contributed by atoms with Gasteiger partial charge in [-0.15, -0.1) is 0 Å². The minimum absolute atomic E-state index is 0.204. The highest BCUT2D eigenvalue weighted by atomic mass is 79.9. The van der Waals surface area contributed by atoms with Crippen molar-refractivity contribution >= 4 is 22.0 Å². The number of rotatable bonds is 4. The van der Waals surface area contributed by atoms with Crippen LogP contribution >= 0.6 is 15.9 Å². The van der Waals surface area contributed by atoms with Crippen LogP contribution in [0.1, 0.15) is 19.4 Å². The summed E-state index contributed by atoms with van der Waals surface area (Å²) in [5.41, 5.74) is 0.614. The molecule has 3 heteroatoms. The summed E-state index contributed by atoms with van der Waals surface area (Å²) < 4.78 is 14.1. The van der Waals surface area contributed by atoms with Gasteiger partial charge in [0.1, 0.15) is 5.82 Å². The van der Waals surface area contributed by atoms with Crippen molar-refractivity contribution in [1.29, 1.82) is 0 Å². The molecule has 0 radical (unpaired) electrons. The normalized spacial score (nSPS) is 13.3. The van der Waals surface area contributed by atoms with Gasteiger partial charge in [-0.25, -0.2) is 4.39 Å². The first-order valence-electron chi connectivity index (χ1n) is 5.00. The van der Waals surface area contributed by atoms with Crippen LogP contribution in [0.5, 0.6) is 0 Å². The molecular formula is C12H15BrFN. The summed E-state index contributed by atoms with van der Waals surface area (Å²) >= 11 is 3.22. The van der Waals surface area contributed by atoms with Gasteiger partial charge in [-0.1, -0.05) is 41.1 Å². The van der Waals surface area contributed by atoms with E-state index in [1.165, 1.54) is 6.07 Å². The van der Waals surface area contributed by atoms with Crippen molar-refractivity contribution in [2.75, 3.05) is 6.54 Å². The Balaban J connectivity index is 2.72. The average Bonchev–Trinajstić information content (AvgIpc) is 2.17. The van der Waals surface area contributed by atoms with Crippen molar-refractivity contribution < 1.29 is 4.39 Å². The molecule has 1 N–H and O–H groups in total. The molecule has 0 heterocycles. The Kier molecular flexibility index (Phi) is 4.99. The van der Waals surface area contributed by atoms with E-state index in [0.717, 1.165) is 11.0 Å². The largest absolute Gasteiger partial charge is 0.311 e. The van der Waals surface area contributed by atoms with Crippen LogP contribution < -0.4 is 5.32 Å². The predicted octanol–water partition coefficient (Wildman–Crippen LogP) is 3.60. The highest BCUT2D eigenvalue weighted by molar-refractivity contribution is 9.10. The second-order valence-corrected chi connectivity index (χ2v) is 4.29. The Labute approximate surface area is 98.5 Å². The van der Waals surface area contributed by atoms with Gasteiger partial charge in [0, 0.05) is 16.1 Å². The van der Waals surface area contributed by atoms with E-state index in [2.05, 4.69) is 21.2 Å². The average molecular weight is 272 g/mol. The second kappa shape index (κ2) is 6.03. The standard InChI is InChI=1S/C12H15BrFN/c1-3-15-9(2)4-5-10-6-7-11(13)8-12(10)14/h4-9,15H,3H2,1-2H3/b5-4+. The number of likely N-dealkylation sites (N-methyl/N-ethyl adjacent to an activating group) is 1. The van der Waals surface area contributed by atoms with Gasteiger partial charge in [-0.3, -0.25) is 0 Å². The SMILES string of the molecule is CCNC(C)/C=C/c1ccc(Br)cc1F. The van der Waals surface area contributed by atoms with Gasteiger partial charge < -0.3 is 5.32 Å². The van der Waals surface area contributed by atoms with Gasteiger partial charge in [0.2, 0.25) is 0 Å². The van der Waals surface area contributed by atoms with Gasteiger partial charge in [-0.2, -0.15) is 0 Å². The lowest BCUT2D eigenvalue weighted by Gasteiger charge is -2.06. The minimum Gasteiger partial charge on any atom is -0.311 e. The first-order valence-corrected chi connectivity index (χ1v) is 5.79. The topological polar surface area (TPSA) is 12.0 Å². The fourth-order valence-corrected chi connectivity index (χ4v) is 1.61. The van der Waals surface area contributed by atoms with E-state index in [0.29, 0.717) is 5.56 Å². The van der Waals surface area contributed by atoms with Crippen LogP contribution in [-0.4, -0.2) is 12.6 Å². The number of benzene rings is 1. The lowest BCUT2D eigenvalue weighted by Crippen LogP contribution is -2.22. The molecule has 0 bridgehead atoms. The summed E-state index contributed by atoms with van der Waals surface area (Å²) in [6.45, 7) is 5.00. The molecule has 1 nitrogen and oxygen atoms in total. The zero-order valence-corrected chi connectivity index (χ0v) is 10.5. The molecule has 0 saturated heterocycles. The Morgan fingerprint density at radius 2 is 2.27 bits per heavy atom. The smallest absolute Gasteiger partial charge is 0.131 e. The lowest BCUT2D eigenvalue weighted by molar-refractivity contribution is 0.623. The third kappa shape index (κ3) is 4.14. The maximum atomic E-state index is 13.4. The van der Waals surface area contributed by atoms with Crippen LogP contribution in [-0.2, 0) is 0 Å².